The lowest BCUT2D eigenvalue weighted by atomic mass is 9.80. The van der Waals surface area contributed by atoms with Crippen molar-refractivity contribution < 1.29 is 14.7 Å². The summed E-state index contributed by atoms with van der Waals surface area (Å²) in [5, 5.41) is 9.28. The van der Waals surface area contributed by atoms with Crippen molar-refractivity contribution in [2.75, 3.05) is 33.7 Å². The molecular formula is C14H28N2O3. The fraction of sp³-hybridized carbons (Fsp3) is 0.857. The van der Waals surface area contributed by atoms with E-state index in [-0.39, 0.29) is 5.91 Å². The molecule has 0 aliphatic rings. The summed E-state index contributed by atoms with van der Waals surface area (Å²) >= 11 is 0. The van der Waals surface area contributed by atoms with Crippen LogP contribution >= 0.6 is 0 Å². The first-order valence-electron chi connectivity index (χ1n) is 6.77. The van der Waals surface area contributed by atoms with Crippen molar-refractivity contribution in [1.29, 1.82) is 0 Å². The van der Waals surface area contributed by atoms with Crippen LogP contribution in [0.2, 0.25) is 0 Å². The fourth-order valence-electron chi connectivity index (χ4n) is 2.03. The molecule has 0 bridgehead atoms. The van der Waals surface area contributed by atoms with Gasteiger partial charge in [0.15, 0.2) is 0 Å². The topological polar surface area (TPSA) is 60.9 Å². The molecule has 0 rings (SSSR count). The zero-order valence-corrected chi connectivity index (χ0v) is 13.1. The van der Waals surface area contributed by atoms with Gasteiger partial charge in [0.25, 0.3) is 0 Å². The smallest absolute Gasteiger partial charge is 0.316 e. The van der Waals surface area contributed by atoms with Crippen molar-refractivity contribution in [1.82, 2.24) is 9.80 Å². The van der Waals surface area contributed by atoms with Crippen LogP contribution in [0.4, 0.5) is 0 Å². The van der Waals surface area contributed by atoms with Crippen molar-refractivity contribution >= 4 is 11.9 Å². The van der Waals surface area contributed by atoms with Crippen molar-refractivity contribution in [2.24, 2.45) is 11.3 Å². The highest BCUT2D eigenvalue weighted by atomic mass is 16.4. The standard InChI is InChI=1S/C14H28N2O3/c1-7-16(10-8-9-15(5)6)12(17)11(13(18)19)14(2,3)4/h11H,7-10H2,1-6H3,(H,18,19). The van der Waals surface area contributed by atoms with E-state index in [1.165, 1.54) is 0 Å². The van der Waals surface area contributed by atoms with Crippen LogP contribution in [0.25, 0.3) is 0 Å². The van der Waals surface area contributed by atoms with Gasteiger partial charge >= 0.3 is 5.97 Å². The monoisotopic (exact) mass is 272 g/mol. The van der Waals surface area contributed by atoms with Crippen LogP contribution in [0.3, 0.4) is 0 Å². The number of aliphatic carboxylic acids is 1. The van der Waals surface area contributed by atoms with Crippen molar-refractivity contribution in [3.8, 4) is 0 Å². The molecule has 0 aromatic carbocycles. The third-order valence-electron chi connectivity index (χ3n) is 3.09. The lowest BCUT2D eigenvalue weighted by molar-refractivity contribution is -0.156. The maximum absolute atomic E-state index is 12.4. The largest absolute Gasteiger partial charge is 0.481 e. The molecule has 0 radical (unpaired) electrons. The minimum atomic E-state index is -1.04. The van der Waals surface area contributed by atoms with E-state index in [1.807, 2.05) is 21.0 Å². The van der Waals surface area contributed by atoms with E-state index in [4.69, 9.17) is 0 Å². The first-order chi connectivity index (χ1) is 8.61. The van der Waals surface area contributed by atoms with Gasteiger partial charge in [-0.15, -0.1) is 0 Å². The molecule has 1 N–H and O–H groups in total. The Hall–Kier alpha value is -1.10. The Morgan fingerprint density at radius 1 is 1.16 bits per heavy atom. The van der Waals surface area contributed by atoms with Crippen molar-refractivity contribution in [2.45, 2.75) is 34.1 Å². The number of carbonyl (C=O) groups is 2. The molecule has 5 heteroatoms. The summed E-state index contributed by atoms with van der Waals surface area (Å²) in [7, 11) is 3.96. The highest BCUT2D eigenvalue weighted by Crippen LogP contribution is 2.28. The van der Waals surface area contributed by atoms with Gasteiger partial charge in [0.2, 0.25) is 5.91 Å². The maximum atomic E-state index is 12.4. The normalized spacial score (nSPS) is 13.4. The SMILES string of the molecule is CCN(CCCN(C)C)C(=O)C(C(=O)O)C(C)(C)C. The minimum Gasteiger partial charge on any atom is -0.481 e. The molecule has 0 aromatic rings. The van der Waals surface area contributed by atoms with E-state index in [2.05, 4.69) is 4.90 Å². The van der Waals surface area contributed by atoms with E-state index < -0.39 is 17.3 Å². The van der Waals surface area contributed by atoms with Gasteiger partial charge in [-0.2, -0.15) is 0 Å². The van der Waals surface area contributed by atoms with Gasteiger partial charge in [0.1, 0.15) is 5.92 Å². The van der Waals surface area contributed by atoms with Gasteiger partial charge in [-0.3, -0.25) is 9.59 Å². The van der Waals surface area contributed by atoms with Crippen LogP contribution < -0.4 is 0 Å². The molecular weight excluding hydrogens is 244 g/mol. The number of carbonyl (C=O) groups excluding carboxylic acids is 1. The van der Waals surface area contributed by atoms with Crippen LogP contribution in [-0.4, -0.2) is 60.5 Å². The molecule has 1 atom stereocenters. The van der Waals surface area contributed by atoms with Gasteiger partial charge in [-0.25, -0.2) is 0 Å². The molecule has 0 aromatic heterocycles. The van der Waals surface area contributed by atoms with Crippen LogP contribution in [0.1, 0.15) is 34.1 Å². The van der Waals surface area contributed by atoms with E-state index in [9.17, 15) is 14.7 Å². The molecule has 5 nitrogen and oxygen atoms in total. The Morgan fingerprint density at radius 3 is 2.00 bits per heavy atom. The zero-order valence-electron chi connectivity index (χ0n) is 13.1. The number of carboxylic acid groups (broad SMARTS) is 1. The van der Waals surface area contributed by atoms with Crippen LogP contribution in [0, 0.1) is 11.3 Å². The second kappa shape index (κ2) is 7.48. The first-order valence-corrected chi connectivity index (χ1v) is 6.77. The Bertz CT molecular complexity index is 308. The molecule has 0 spiro atoms. The van der Waals surface area contributed by atoms with E-state index in [1.54, 1.807) is 25.7 Å². The Morgan fingerprint density at radius 2 is 1.68 bits per heavy atom. The van der Waals surface area contributed by atoms with Crippen molar-refractivity contribution in [3.63, 3.8) is 0 Å². The molecule has 112 valence electrons. The molecule has 1 amide bonds. The third-order valence-corrected chi connectivity index (χ3v) is 3.09. The minimum absolute atomic E-state index is 0.277. The summed E-state index contributed by atoms with van der Waals surface area (Å²) in [5.74, 6) is -2.29. The second-order valence-electron chi connectivity index (χ2n) is 6.21. The summed E-state index contributed by atoms with van der Waals surface area (Å²) < 4.78 is 0. The molecule has 0 saturated heterocycles. The molecule has 0 aliphatic carbocycles. The average molecular weight is 272 g/mol. The number of amides is 1. The number of nitrogens with zero attached hydrogens (tertiary/aromatic N) is 2. The quantitative estimate of drug-likeness (QED) is 0.714. The lowest BCUT2D eigenvalue weighted by Crippen LogP contribution is -2.45. The molecule has 0 saturated carbocycles. The lowest BCUT2D eigenvalue weighted by Gasteiger charge is -2.31. The molecule has 19 heavy (non-hydrogen) atoms. The van der Waals surface area contributed by atoms with Gasteiger partial charge in [0, 0.05) is 13.1 Å². The molecule has 0 fully saturated rings. The number of rotatable bonds is 7. The van der Waals surface area contributed by atoms with Gasteiger partial charge in [0.05, 0.1) is 0 Å². The fourth-order valence-corrected chi connectivity index (χ4v) is 2.03. The Balaban J connectivity index is 4.75. The molecule has 0 heterocycles. The molecule has 0 aliphatic heterocycles. The summed E-state index contributed by atoms with van der Waals surface area (Å²) in [6.45, 7) is 9.29. The summed E-state index contributed by atoms with van der Waals surface area (Å²) in [4.78, 5) is 27.4. The predicted octanol–water partition coefficient (Wildman–Crippen LogP) is 1.53. The van der Waals surface area contributed by atoms with E-state index in [0.717, 1.165) is 13.0 Å². The maximum Gasteiger partial charge on any atom is 0.316 e. The van der Waals surface area contributed by atoms with E-state index in [0.29, 0.717) is 13.1 Å². The Kier molecular flexibility index (Phi) is 7.05. The summed E-state index contributed by atoms with van der Waals surface area (Å²) in [6, 6.07) is 0. The zero-order chi connectivity index (χ0) is 15.2. The number of hydrogen-bond acceptors (Lipinski definition) is 3. The average Bonchev–Trinajstić information content (AvgIpc) is 2.21. The van der Waals surface area contributed by atoms with Gasteiger partial charge in [-0.05, 0) is 39.4 Å². The number of hydrogen-bond donors (Lipinski definition) is 1. The first kappa shape index (κ1) is 17.9. The summed E-state index contributed by atoms with van der Waals surface area (Å²) in [5.41, 5.74) is -0.572. The third kappa shape index (κ3) is 6.05. The predicted molar refractivity (Wildman–Crippen MR) is 76.0 cm³/mol. The highest BCUT2D eigenvalue weighted by molar-refractivity contribution is 5.97. The number of carboxylic acids is 1. The van der Waals surface area contributed by atoms with E-state index >= 15 is 0 Å². The van der Waals surface area contributed by atoms with Crippen LogP contribution in [-0.2, 0) is 9.59 Å². The van der Waals surface area contributed by atoms with Crippen LogP contribution in [0.5, 0.6) is 0 Å². The second-order valence-corrected chi connectivity index (χ2v) is 6.21. The van der Waals surface area contributed by atoms with Crippen LogP contribution in [0.15, 0.2) is 0 Å². The van der Waals surface area contributed by atoms with Gasteiger partial charge < -0.3 is 14.9 Å². The molecule has 1 unspecified atom stereocenters. The summed E-state index contributed by atoms with van der Waals surface area (Å²) in [6.07, 6.45) is 0.850. The Labute approximate surface area is 116 Å². The van der Waals surface area contributed by atoms with Crippen molar-refractivity contribution in [3.05, 3.63) is 0 Å². The van der Waals surface area contributed by atoms with Gasteiger partial charge in [-0.1, -0.05) is 20.8 Å². The highest BCUT2D eigenvalue weighted by Gasteiger charge is 2.39.